The standard InChI is InChI=1S/C13H12N4O3/c14-13-15-7-10(17(18)19)11(16-13)9-5-1-3-8-4-2-6-20-12(8)9/h1,3,5,7H,2,4,6H2,(H2,14,15,16). The van der Waals surface area contributed by atoms with Gasteiger partial charge in [0.2, 0.25) is 5.95 Å². The van der Waals surface area contributed by atoms with Gasteiger partial charge >= 0.3 is 5.69 Å². The molecule has 0 aliphatic carbocycles. The topological polar surface area (TPSA) is 104 Å². The van der Waals surface area contributed by atoms with Gasteiger partial charge in [-0.15, -0.1) is 0 Å². The van der Waals surface area contributed by atoms with Crippen molar-refractivity contribution in [2.75, 3.05) is 12.3 Å². The van der Waals surface area contributed by atoms with Crippen LogP contribution in [-0.2, 0) is 6.42 Å². The van der Waals surface area contributed by atoms with Crippen molar-refractivity contribution in [3.8, 4) is 17.0 Å². The summed E-state index contributed by atoms with van der Waals surface area (Å²) in [5.74, 6) is 0.652. The van der Waals surface area contributed by atoms with Gasteiger partial charge in [-0.05, 0) is 24.5 Å². The monoisotopic (exact) mass is 272 g/mol. The zero-order valence-electron chi connectivity index (χ0n) is 10.6. The van der Waals surface area contributed by atoms with Crippen LogP contribution in [0.25, 0.3) is 11.3 Å². The predicted molar refractivity (Wildman–Crippen MR) is 72.4 cm³/mol. The normalized spacial score (nSPS) is 13.4. The first-order chi connectivity index (χ1) is 9.66. The predicted octanol–water partition coefficient (Wildman–Crippen LogP) is 1.96. The summed E-state index contributed by atoms with van der Waals surface area (Å²) in [7, 11) is 0. The summed E-state index contributed by atoms with van der Waals surface area (Å²) >= 11 is 0. The minimum Gasteiger partial charge on any atom is -0.493 e. The van der Waals surface area contributed by atoms with Crippen LogP contribution >= 0.6 is 0 Å². The molecule has 1 aliphatic rings. The third-order valence-corrected chi connectivity index (χ3v) is 3.17. The lowest BCUT2D eigenvalue weighted by atomic mass is 10.00. The number of nitro groups is 1. The molecule has 0 saturated carbocycles. The molecule has 0 spiro atoms. The van der Waals surface area contributed by atoms with Gasteiger partial charge in [0.05, 0.1) is 11.5 Å². The van der Waals surface area contributed by atoms with Crippen LogP contribution in [0.2, 0.25) is 0 Å². The van der Waals surface area contributed by atoms with Gasteiger partial charge in [0, 0.05) is 5.56 Å². The first-order valence-corrected chi connectivity index (χ1v) is 6.19. The van der Waals surface area contributed by atoms with Crippen LogP contribution in [0.3, 0.4) is 0 Å². The maximum Gasteiger partial charge on any atom is 0.313 e. The highest BCUT2D eigenvalue weighted by atomic mass is 16.6. The Morgan fingerprint density at radius 3 is 3.05 bits per heavy atom. The van der Waals surface area contributed by atoms with Crippen molar-refractivity contribution < 1.29 is 9.66 Å². The summed E-state index contributed by atoms with van der Waals surface area (Å²) in [4.78, 5) is 18.3. The maximum atomic E-state index is 11.1. The van der Waals surface area contributed by atoms with Crippen LogP contribution in [0.1, 0.15) is 12.0 Å². The smallest absolute Gasteiger partial charge is 0.313 e. The van der Waals surface area contributed by atoms with E-state index in [1.807, 2.05) is 12.1 Å². The van der Waals surface area contributed by atoms with Crippen LogP contribution < -0.4 is 10.5 Å². The summed E-state index contributed by atoms with van der Waals surface area (Å²) < 4.78 is 5.66. The summed E-state index contributed by atoms with van der Waals surface area (Å²) in [5, 5.41) is 11.1. The fourth-order valence-electron chi connectivity index (χ4n) is 2.30. The van der Waals surface area contributed by atoms with E-state index >= 15 is 0 Å². The van der Waals surface area contributed by atoms with Gasteiger partial charge in [-0.2, -0.15) is 0 Å². The van der Waals surface area contributed by atoms with Gasteiger partial charge in [0.15, 0.2) is 5.69 Å². The van der Waals surface area contributed by atoms with Gasteiger partial charge in [-0.3, -0.25) is 10.1 Å². The van der Waals surface area contributed by atoms with E-state index in [0.717, 1.165) is 24.6 Å². The van der Waals surface area contributed by atoms with E-state index in [-0.39, 0.29) is 17.3 Å². The highest BCUT2D eigenvalue weighted by Gasteiger charge is 2.24. The van der Waals surface area contributed by atoms with Crippen LogP contribution in [0.4, 0.5) is 11.6 Å². The SMILES string of the molecule is Nc1ncc([N+](=O)[O-])c(-c2cccc3c2OCCC3)n1. The first kappa shape index (κ1) is 12.3. The number of fused-ring (bicyclic) bond motifs is 1. The van der Waals surface area contributed by atoms with E-state index in [4.69, 9.17) is 10.5 Å². The van der Waals surface area contributed by atoms with E-state index in [9.17, 15) is 10.1 Å². The molecule has 0 bridgehead atoms. The number of anilines is 1. The third kappa shape index (κ3) is 2.03. The van der Waals surface area contributed by atoms with E-state index in [2.05, 4.69) is 9.97 Å². The largest absolute Gasteiger partial charge is 0.493 e. The molecule has 1 aromatic heterocycles. The number of nitrogens with two attached hydrogens (primary N) is 1. The van der Waals surface area contributed by atoms with Gasteiger partial charge in [-0.1, -0.05) is 12.1 Å². The Labute approximate surface area is 114 Å². The second-order valence-electron chi connectivity index (χ2n) is 4.46. The highest BCUT2D eigenvalue weighted by molar-refractivity contribution is 5.76. The molecule has 0 fully saturated rings. The molecule has 102 valence electrons. The number of nitrogens with zero attached hydrogens (tertiary/aromatic N) is 3. The molecule has 7 nitrogen and oxygen atoms in total. The molecule has 0 atom stereocenters. The number of nitrogen functional groups attached to an aromatic ring is 1. The van der Waals surface area contributed by atoms with Crippen molar-refractivity contribution in [3.63, 3.8) is 0 Å². The molecule has 2 N–H and O–H groups in total. The Hall–Kier alpha value is -2.70. The minimum absolute atomic E-state index is 0.000914. The van der Waals surface area contributed by atoms with Crippen molar-refractivity contribution in [1.82, 2.24) is 9.97 Å². The number of benzene rings is 1. The highest BCUT2D eigenvalue weighted by Crippen LogP contribution is 2.38. The van der Waals surface area contributed by atoms with Crippen molar-refractivity contribution in [2.24, 2.45) is 0 Å². The Kier molecular flexibility index (Phi) is 2.94. The van der Waals surface area contributed by atoms with E-state index in [0.29, 0.717) is 17.9 Å². The van der Waals surface area contributed by atoms with Crippen molar-refractivity contribution in [3.05, 3.63) is 40.1 Å². The Balaban J connectivity index is 2.23. The summed E-state index contributed by atoms with van der Waals surface area (Å²) in [6, 6.07) is 5.54. The van der Waals surface area contributed by atoms with E-state index < -0.39 is 4.92 Å². The van der Waals surface area contributed by atoms with Crippen LogP contribution in [0.15, 0.2) is 24.4 Å². The third-order valence-electron chi connectivity index (χ3n) is 3.17. The maximum absolute atomic E-state index is 11.1. The molecule has 0 radical (unpaired) electrons. The number of aromatic nitrogens is 2. The Morgan fingerprint density at radius 1 is 1.40 bits per heavy atom. The van der Waals surface area contributed by atoms with Crippen LogP contribution in [0, 0.1) is 10.1 Å². The molecule has 7 heteroatoms. The molecule has 0 saturated heterocycles. The molecule has 2 heterocycles. The lowest BCUT2D eigenvalue weighted by molar-refractivity contribution is -0.384. The molecular weight excluding hydrogens is 260 g/mol. The van der Waals surface area contributed by atoms with Gasteiger partial charge in [0.25, 0.3) is 0 Å². The Bertz CT molecular complexity index is 687. The van der Waals surface area contributed by atoms with Gasteiger partial charge in [-0.25, -0.2) is 9.97 Å². The number of hydrogen-bond acceptors (Lipinski definition) is 6. The fraction of sp³-hybridized carbons (Fsp3) is 0.231. The molecule has 1 aliphatic heterocycles. The Morgan fingerprint density at radius 2 is 2.25 bits per heavy atom. The second-order valence-corrected chi connectivity index (χ2v) is 4.46. The van der Waals surface area contributed by atoms with Crippen LogP contribution in [-0.4, -0.2) is 21.5 Å². The molecular formula is C13H12N4O3. The van der Waals surface area contributed by atoms with Crippen LogP contribution in [0.5, 0.6) is 5.75 Å². The minimum atomic E-state index is -0.517. The zero-order chi connectivity index (χ0) is 14.1. The second kappa shape index (κ2) is 4.76. The number of ether oxygens (including phenoxy) is 1. The summed E-state index contributed by atoms with van der Waals surface area (Å²) in [6.45, 7) is 0.596. The number of hydrogen-bond donors (Lipinski definition) is 1. The van der Waals surface area contributed by atoms with Crippen molar-refractivity contribution >= 4 is 11.6 Å². The van der Waals surface area contributed by atoms with E-state index in [1.165, 1.54) is 0 Å². The van der Waals surface area contributed by atoms with E-state index in [1.54, 1.807) is 6.07 Å². The summed E-state index contributed by atoms with van der Waals surface area (Å²) in [6.07, 6.45) is 2.95. The fourth-order valence-corrected chi connectivity index (χ4v) is 2.30. The quantitative estimate of drug-likeness (QED) is 0.662. The van der Waals surface area contributed by atoms with Gasteiger partial charge < -0.3 is 10.5 Å². The van der Waals surface area contributed by atoms with Crippen molar-refractivity contribution in [1.29, 1.82) is 0 Å². The first-order valence-electron chi connectivity index (χ1n) is 6.19. The molecule has 20 heavy (non-hydrogen) atoms. The zero-order valence-corrected chi connectivity index (χ0v) is 10.6. The number of para-hydroxylation sites is 1. The van der Waals surface area contributed by atoms with Crippen molar-refractivity contribution in [2.45, 2.75) is 12.8 Å². The molecule has 1 aromatic carbocycles. The number of rotatable bonds is 2. The summed E-state index contributed by atoms with van der Waals surface area (Å²) in [5.41, 5.74) is 7.19. The average molecular weight is 272 g/mol. The molecule has 2 aromatic rings. The number of aryl methyl sites for hydroxylation is 1. The average Bonchev–Trinajstić information content (AvgIpc) is 2.46. The lowest BCUT2D eigenvalue weighted by Gasteiger charge is -2.19. The lowest BCUT2D eigenvalue weighted by Crippen LogP contribution is -2.10. The molecule has 0 amide bonds. The molecule has 0 unspecified atom stereocenters. The van der Waals surface area contributed by atoms with Gasteiger partial charge in [0.1, 0.15) is 11.9 Å². The molecule has 3 rings (SSSR count).